The maximum absolute atomic E-state index is 5.78. The van der Waals surface area contributed by atoms with Gasteiger partial charge in [0, 0.05) is 24.3 Å². The monoisotopic (exact) mass is 460 g/mol. The minimum atomic E-state index is -0.104. The van der Waals surface area contributed by atoms with Crippen LogP contribution in [0.3, 0.4) is 0 Å². The highest BCUT2D eigenvalue weighted by molar-refractivity contribution is 7.81. The lowest BCUT2D eigenvalue weighted by molar-refractivity contribution is 0.173. The molecule has 162 valence electrons. The van der Waals surface area contributed by atoms with Crippen LogP contribution < -0.4 is 39.1 Å². The molecule has 31 heavy (non-hydrogen) atoms. The molecule has 0 amide bonds. The SMILES string of the molecule is CC1Oc2cc3c(cc2NC1=S)OCO3.CCC1Oc2cc3c(cc2NC1=S)OCO3. The van der Waals surface area contributed by atoms with Crippen molar-refractivity contribution in [3.05, 3.63) is 24.3 Å². The first-order valence-corrected chi connectivity index (χ1v) is 10.7. The summed E-state index contributed by atoms with van der Waals surface area (Å²) in [5.74, 6) is 4.42. The lowest BCUT2D eigenvalue weighted by atomic mass is 10.2. The van der Waals surface area contributed by atoms with E-state index in [0.717, 1.165) is 52.3 Å². The van der Waals surface area contributed by atoms with Gasteiger partial charge in [-0.1, -0.05) is 31.4 Å². The molecule has 0 saturated heterocycles. The lowest BCUT2D eigenvalue weighted by Crippen LogP contribution is -2.34. The van der Waals surface area contributed by atoms with Gasteiger partial charge in [0.2, 0.25) is 13.6 Å². The number of rotatable bonds is 1. The van der Waals surface area contributed by atoms with Crippen molar-refractivity contribution in [2.45, 2.75) is 32.5 Å². The zero-order valence-electron chi connectivity index (χ0n) is 16.9. The summed E-state index contributed by atoms with van der Waals surface area (Å²) in [6.45, 7) is 4.47. The Hall–Kier alpha value is -2.98. The van der Waals surface area contributed by atoms with Crippen LogP contribution in [0.4, 0.5) is 11.4 Å². The third-order valence-corrected chi connectivity index (χ3v) is 5.87. The molecule has 6 rings (SSSR count). The first-order valence-electron chi connectivity index (χ1n) is 9.84. The van der Waals surface area contributed by atoms with Crippen molar-refractivity contribution in [1.29, 1.82) is 0 Å². The number of hydrogen-bond acceptors (Lipinski definition) is 8. The van der Waals surface area contributed by atoms with Gasteiger partial charge in [-0.2, -0.15) is 0 Å². The van der Waals surface area contributed by atoms with Gasteiger partial charge in [-0.05, 0) is 13.3 Å². The van der Waals surface area contributed by atoms with Crippen LogP contribution in [0.5, 0.6) is 34.5 Å². The molecule has 8 nitrogen and oxygen atoms in total. The summed E-state index contributed by atoms with van der Waals surface area (Å²) in [6, 6.07) is 7.36. The number of ether oxygens (including phenoxy) is 6. The Morgan fingerprint density at radius 2 is 1.23 bits per heavy atom. The highest BCUT2D eigenvalue weighted by atomic mass is 32.1. The van der Waals surface area contributed by atoms with Gasteiger partial charge in [0.1, 0.15) is 33.7 Å². The first kappa shape index (κ1) is 20.0. The smallest absolute Gasteiger partial charge is 0.231 e. The van der Waals surface area contributed by atoms with E-state index in [-0.39, 0.29) is 25.8 Å². The molecule has 0 aliphatic carbocycles. The minimum Gasteiger partial charge on any atom is -0.481 e. The number of fused-ring (bicyclic) bond motifs is 4. The summed E-state index contributed by atoms with van der Waals surface area (Å²) in [5, 5.41) is 6.27. The highest BCUT2D eigenvalue weighted by Gasteiger charge is 2.27. The molecular formula is C21H20N2O6S2. The molecule has 2 aromatic rings. The van der Waals surface area contributed by atoms with E-state index in [1.807, 2.05) is 38.1 Å². The molecule has 0 aromatic heterocycles. The molecule has 2 unspecified atom stereocenters. The Morgan fingerprint density at radius 3 is 1.77 bits per heavy atom. The molecule has 0 bridgehead atoms. The standard InChI is InChI=1S/C11H11NO3S.C10H9NO3S/c1-2-7-11(16)12-6-3-9-10(14-5-13-9)4-8(6)15-7;1-5-10(15)11-6-2-8-9(13-4-12-8)3-7(6)14-5/h3-4,7H,2,5H2,1H3,(H,12,16);2-3,5H,4H2,1H3,(H,11,15). The van der Waals surface area contributed by atoms with Crippen molar-refractivity contribution in [3.8, 4) is 34.5 Å². The van der Waals surface area contributed by atoms with E-state index in [4.69, 9.17) is 52.9 Å². The van der Waals surface area contributed by atoms with Crippen molar-refractivity contribution in [3.63, 3.8) is 0 Å². The average Bonchev–Trinajstić information content (AvgIpc) is 3.40. The molecule has 0 fully saturated rings. The minimum absolute atomic E-state index is 0.0529. The van der Waals surface area contributed by atoms with Gasteiger partial charge in [0.05, 0.1) is 11.4 Å². The van der Waals surface area contributed by atoms with Crippen LogP contribution in [0.15, 0.2) is 24.3 Å². The van der Waals surface area contributed by atoms with E-state index in [1.54, 1.807) is 0 Å². The fraction of sp³-hybridized carbons (Fsp3) is 0.333. The largest absolute Gasteiger partial charge is 0.481 e. The Labute approximate surface area is 189 Å². The Balaban J connectivity index is 0.000000132. The van der Waals surface area contributed by atoms with Gasteiger partial charge in [-0.3, -0.25) is 0 Å². The van der Waals surface area contributed by atoms with Crippen molar-refractivity contribution in [2.75, 3.05) is 24.2 Å². The van der Waals surface area contributed by atoms with Crippen LogP contribution >= 0.6 is 24.4 Å². The number of nitrogens with one attached hydrogen (secondary N) is 2. The van der Waals surface area contributed by atoms with Crippen molar-refractivity contribution >= 4 is 45.8 Å². The number of hydrogen-bond donors (Lipinski definition) is 2. The van der Waals surface area contributed by atoms with Crippen LogP contribution in [0, 0.1) is 0 Å². The predicted octanol–water partition coefficient (Wildman–Crippen LogP) is 4.26. The second-order valence-electron chi connectivity index (χ2n) is 7.16. The Kier molecular flexibility index (Phi) is 5.11. The van der Waals surface area contributed by atoms with Gasteiger partial charge in [0.15, 0.2) is 23.0 Å². The van der Waals surface area contributed by atoms with Crippen LogP contribution in [-0.4, -0.2) is 35.8 Å². The van der Waals surface area contributed by atoms with Crippen molar-refractivity contribution < 1.29 is 28.4 Å². The zero-order valence-corrected chi connectivity index (χ0v) is 18.5. The van der Waals surface area contributed by atoms with Gasteiger partial charge in [-0.15, -0.1) is 0 Å². The normalized spacial score (nSPS) is 21.4. The first-order chi connectivity index (χ1) is 15.0. The molecule has 0 spiro atoms. The maximum atomic E-state index is 5.78. The van der Waals surface area contributed by atoms with Crippen molar-refractivity contribution in [1.82, 2.24) is 0 Å². The highest BCUT2D eigenvalue weighted by Crippen LogP contribution is 2.43. The van der Waals surface area contributed by atoms with E-state index in [2.05, 4.69) is 10.6 Å². The molecule has 2 N–H and O–H groups in total. The second kappa shape index (κ2) is 7.93. The number of benzene rings is 2. The van der Waals surface area contributed by atoms with Crippen LogP contribution in [0.2, 0.25) is 0 Å². The van der Waals surface area contributed by atoms with Gasteiger partial charge < -0.3 is 39.1 Å². The third kappa shape index (κ3) is 3.77. The molecule has 0 radical (unpaired) electrons. The number of anilines is 2. The maximum Gasteiger partial charge on any atom is 0.231 e. The fourth-order valence-electron chi connectivity index (χ4n) is 3.40. The summed E-state index contributed by atoms with van der Waals surface area (Å²) in [6.07, 6.45) is 0.690. The molecule has 4 heterocycles. The Bertz CT molecular complexity index is 1080. The van der Waals surface area contributed by atoms with E-state index in [0.29, 0.717) is 9.98 Å². The molecule has 10 heteroatoms. The molecule has 2 aromatic carbocycles. The van der Waals surface area contributed by atoms with E-state index >= 15 is 0 Å². The predicted molar refractivity (Wildman–Crippen MR) is 122 cm³/mol. The van der Waals surface area contributed by atoms with E-state index in [9.17, 15) is 0 Å². The van der Waals surface area contributed by atoms with Crippen LogP contribution in [-0.2, 0) is 0 Å². The fourth-order valence-corrected chi connectivity index (χ4v) is 3.89. The summed E-state index contributed by atoms with van der Waals surface area (Å²) >= 11 is 10.3. The quantitative estimate of drug-likeness (QED) is 0.603. The van der Waals surface area contributed by atoms with E-state index in [1.165, 1.54) is 0 Å². The van der Waals surface area contributed by atoms with Crippen LogP contribution in [0.25, 0.3) is 0 Å². The molecule has 0 saturated carbocycles. The molecule has 2 atom stereocenters. The Morgan fingerprint density at radius 1 is 0.742 bits per heavy atom. The van der Waals surface area contributed by atoms with E-state index < -0.39 is 0 Å². The third-order valence-electron chi connectivity index (χ3n) is 5.07. The number of thiocarbonyl (C=S) groups is 2. The topological polar surface area (TPSA) is 79.4 Å². The summed E-state index contributed by atoms with van der Waals surface area (Å²) in [5.41, 5.74) is 1.68. The summed E-state index contributed by atoms with van der Waals surface area (Å²) in [4.78, 5) is 1.40. The summed E-state index contributed by atoms with van der Waals surface area (Å²) in [7, 11) is 0. The lowest BCUT2D eigenvalue weighted by Gasteiger charge is -2.27. The molecule has 4 aliphatic rings. The van der Waals surface area contributed by atoms with Crippen LogP contribution in [0.1, 0.15) is 20.3 Å². The van der Waals surface area contributed by atoms with Gasteiger partial charge in [-0.25, -0.2) is 0 Å². The average molecular weight is 461 g/mol. The molecule has 4 aliphatic heterocycles. The zero-order chi connectivity index (χ0) is 21.5. The van der Waals surface area contributed by atoms with Gasteiger partial charge in [0.25, 0.3) is 0 Å². The van der Waals surface area contributed by atoms with Gasteiger partial charge >= 0.3 is 0 Å². The second-order valence-corrected chi connectivity index (χ2v) is 8.04. The van der Waals surface area contributed by atoms with Crippen molar-refractivity contribution in [2.24, 2.45) is 0 Å². The molecular weight excluding hydrogens is 440 g/mol. The summed E-state index contributed by atoms with van der Waals surface area (Å²) < 4.78 is 32.5.